The second kappa shape index (κ2) is 5.87. The number of likely N-dealkylation sites (N-methyl/N-ethyl adjacent to an activating group) is 1. The predicted octanol–water partition coefficient (Wildman–Crippen LogP) is 2.13. The summed E-state index contributed by atoms with van der Waals surface area (Å²) in [6.07, 6.45) is 1.79. The Hall–Kier alpha value is -1.85. The van der Waals surface area contributed by atoms with Crippen LogP contribution in [-0.4, -0.2) is 48.1 Å². The molecule has 110 valence electrons. The molecule has 0 amide bonds. The molecule has 0 spiro atoms. The molecule has 1 aromatic heterocycles. The van der Waals surface area contributed by atoms with E-state index < -0.39 is 0 Å². The molecule has 1 aromatic carbocycles. The number of nitrogens with two attached hydrogens (primary N) is 1. The van der Waals surface area contributed by atoms with Crippen LogP contribution >= 0.6 is 11.6 Å². The standard InChI is InChI=1S/C15H18ClN5/c1-20-6-8-21(9-7-20)14-13(10-18-15(17)19-14)11-2-4-12(16)5-3-11/h2-5,10H,6-9H2,1H3,(H2,17,18,19). The summed E-state index contributed by atoms with van der Waals surface area (Å²) in [5.74, 6) is 1.21. The summed E-state index contributed by atoms with van der Waals surface area (Å²) in [5.41, 5.74) is 7.82. The molecule has 2 heterocycles. The van der Waals surface area contributed by atoms with Gasteiger partial charge in [-0.15, -0.1) is 0 Å². The second-order valence-electron chi connectivity index (χ2n) is 5.26. The minimum Gasteiger partial charge on any atom is -0.368 e. The van der Waals surface area contributed by atoms with Gasteiger partial charge in [0.25, 0.3) is 0 Å². The lowest BCUT2D eigenvalue weighted by molar-refractivity contribution is 0.312. The first kappa shape index (κ1) is 14.1. The lowest BCUT2D eigenvalue weighted by Gasteiger charge is -2.34. The van der Waals surface area contributed by atoms with Crippen molar-refractivity contribution in [1.29, 1.82) is 0 Å². The molecule has 5 nitrogen and oxygen atoms in total. The SMILES string of the molecule is CN1CCN(c2nc(N)ncc2-c2ccc(Cl)cc2)CC1. The molecule has 3 rings (SSSR count). The third-order valence-corrected chi connectivity index (χ3v) is 4.00. The Morgan fingerprint density at radius 1 is 1.10 bits per heavy atom. The van der Waals surface area contributed by atoms with Crippen molar-refractivity contribution in [1.82, 2.24) is 14.9 Å². The summed E-state index contributed by atoms with van der Waals surface area (Å²) in [7, 11) is 2.13. The van der Waals surface area contributed by atoms with Gasteiger partial charge in [-0.05, 0) is 24.7 Å². The van der Waals surface area contributed by atoms with Crippen molar-refractivity contribution < 1.29 is 0 Å². The fourth-order valence-corrected chi connectivity index (χ4v) is 2.60. The monoisotopic (exact) mass is 303 g/mol. The molecular weight excluding hydrogens is 286 g/mol. The molecule has 1 aliphatic heterocycles. The van der Waals surface area contributed by atoms with Crippen LogP contribution in [0.15, 0.2) is 30.5 Å². The largest absolute Gasteiger partial charge is 0.368 e. The van der Waals surface area contributed by atoms with E-state index in [4.69, 9.17) is 17.3 Å². The van der Waals surface area contributed by atoms with Gasteiger partial charge in [-0.2, -0.15) is 4.98 Å². The van der Waals surface area contributed by atoms with E-state index in [9.17, 15) is 0 Å². The highest BCUT2D eigenvalue weighted by atomic mass is 35.5. The van der Waals surface area contributed by atoms with Crippen molar-refractivity contribution in [3.8, 4) is 11.1 Å². The first-order chi connectivity index (χ1) is 10.1. The zero-order chi connectivity index (χ0) is 14.8. The number of benzene rings is 1. The molecular formula is C15H18ClN5. The van der Waals surface area contributed by atoms with Gasteiger partial charge in [-0.25, -0.2) is 4.98 Å². The Labute approximate surface area is 129 Å². The van der Waals surface area contributed by atoms with Gasteiger partial charge in [0.2, 0.25) is 5.95 Å². The van der Waals surface area contributed by atoms with Crippen molar-refractivity contribution in [2.24, 2.45) is 0 Å². The molecule has 0 saturated carbocycles. The Bertz CT molecular complexity index is 620. The number of anilines is 2. The maximum Gasteiger partial charge on any atom is 0.221 e. The Kier molecular flexibility index (Phi) is 3.94. The van der Waals surface area contributed by atoms with Gasteiger partial charge < -0.3 is 15.5 Å². The molecule has 0 aliphatic carbocycles. The van der Waals surface area contributed by atoms with Crippen molar-refractivity contribution in [3.05, 3.63) is 35.5 Å². The van der Waals surface area contributed by atoms with E-state index in [0.717, 1.165) is 48.1 Å². The number of nitrogens with zero attached hydrogens (tertiary/aromatic N) is 4. The zero-order valence-corrected chi connectivity index (χ0v) is 12.7. The molecule has 2 N–H and O–H groups in total. The normalized spacial score (nSPS) is 16.2. The molecule has 0 atom stereocenters. The van der Waals surface area contributed by atoms with E-state index in [2.05, 4.69) is 26.8 Å². The summed E-state index contributed by atoms with van der Waals surface area (Å²) < 4.78 is 0. The number of halogens is 1. The van der Waals surface area contributed by atoms with Crippen molar-refractivity contribution in [3.63, 3.8) is 0 Å². The highest BCUT2D eigenvalue weighted by Gasteiger charge is 2.19. The summed E-state index contributed by atoms with van der Waals surface area (Å²) in [6.45, 7) is 3.91. The average Bonchev–Trinajstić information content (AvgIpc) is 2.49. The quantitative estimate of drug-likeness (QED) is 0.921. The van der Waals surface area contributed by atoms with E-state index in [0.29, 0.717) is 5.95 Å². The summed E-state index contributed by atoms with van der Waals surface area (Å²) in [6, 6.07) is 7.72. The number of piperazine rings is 1. The minimum absolute atomic E-state index is 0.307. The first-order valence-electron chi connectivity index (χ1n) is 6.95. The van der Waals surface area contributed by atoms with Crippen LogP contribution in [0.5, 0.6) is 0 Å². The average molecular weight is 304 g/mol. The van der Waals surface area contributed by atoms with Gasteiger partial charge in [0, 0.05) is 43.0 Å². The molecule has 21 heavy (non-hydrogen) atoms. The lowest BCUT2D eigenvalue weighted by atomic mass is 10.1. The Morgan fingerprint density at radius 3 is 2.43 bits per heavy atom. The fourth-order valence-electron chi connectivity index (χ4n) is 2.48. The maximum absolute atomic E-state index is 5.96. The molecule has 1 saturated heterocycles. The van der Waals surface area contributed by atoms with Crippen LogP contribution in [0.2, 0.25) is 5.02 Å². The van der Waals surface area contributed by atoms with E-state index >= 15 is 0 Å². The van der Waals surface area contributed by atoms with Crippen molar-refractivity contribution >= 4 is 23.4 Å². The Morgan fingerprint density at radius 2 is 1.76 bits per heavy atom. The van der Waals surface area contributed by atoms with E-state index in [1.807, 2.05) is 24.3 Å². The topological polar surface area (TPSA) is 58.3 Å². The van der Waals surface area contributed by atoms with Gasteiger partial charge in [0.15, 0.2) is 0 Å². The highest BCUT2D eigenvalue weighted by Crippen LogP contribution is 2.30. The van der Waals surface area contributed by atoms with Gasteiger partial charge >= 0.3 is 0 Å². The van der Waals surface area contributed by atoms with Gasteiger partial charge in [0.05, 0.1) is 0 Å². The molecule has 0 radical (unpaired) electrons. The number of hydrogen-bond donors (Lipinski definition) is 1. The fraction of sp³-hybridized carbons (Fsp3) is 0.333. The van der Waals surface area contributed by atoms with Crippen molar-refractivity contribution in [2.45, 2.75) is 0 Å². The summed E-state index contributed by atoms with van der Waals surface area (Å²) in [4.78, 5) is 13.2. The predicted molar refractivity (Wildman–Crippen MR) is 86.6 cm³/mol. The highest BCUT2D eigenvalue weighted by molar-refractivity contribution is 6.30. The maximum atomic E-state index is 5.96. The number of hydrogen-bond acceptors (Lipinski definition) is 5. The zero-order valence-electron chi connectivity index (χ0n) is 12.0. The number of aromatic nitrogens is 2. The summed E-state index contributed by atoms with van der Waals surface area (Å²) >= 11 is 5.96. The van der Waals surface area contributed by atoms with Crippen molar-refractivity contribution in [2.75, 3.05) is 43.9 Å². The van der Waals surface area contributed by atoms with Crippen LogP contribution in [0.25, 0.3) is 11.1 Å². The van der Waals surface area contributed by atoms with E-state index in [-0.39, 0.29) is 0 Å². The third kappa shape index (κ3) is 3.09. The van der Waals surface area contributed by atoms with Crippen LogP contribution < -0.4 is 10.6 Å². The van der Waals surface area contributed by atoms with Crippen LogP contribution in [0.1, 0.15) is 0 Å². The van der Waals surface area contributed by atoms with Gasteiger partial charge in [-0.3, -0.25) is 0 Å². The first-order valence-corrected chi connectivity index (χ1v) is 7.33. The molecule has 1 aliphatic rings. The van der Waals surface area contributed by atoms with Gasteiger partial charge in [-0.1, -0.05) is 23.7 Å². The molecule has 0 unspecified atom stereocenters. The third-order valence-electron chi connectivity index (χ3n) is 3.75. The van der Waals surface area contributed by atoms with Crippen LogP contribution in [0.3, 0.4) is 0 Å². The van der Waals surface area contributed by atoms with Crippen LogP contribution in [0.4, 0.5) is 11.8 Å². The van der Waals surface area contributed by atoms with E-state index in [1.165, 1.54) is 0 Å². The smallest absolute Gasteiger partial charge is 0.221 e. The molecule has 2 aromatic rings. The second-order valence-corrected chi connectivity index (χ2v) is 5.70. The van der Waals surface area contributed by atoms with Gasteiger partial charge in [0.1, 0.15) is 5.82 Å². The molecule has 0 bridgehead atoms. The molecule has 6 heteroatoms. The van der Waals surface area contributed by atoms with Crippen LogP contribution in [-0.2, 0) is 0 Å². The number of nitrogen functional groups attached to an aromatic ring is 1. The molecule has 1 fully saturated rings. The number of rotatable bonds is 2. The Balaban J connectivity index is 1.98. The minimum atomic E-state index is 0.307. The van der Waals surface area contributed by atoms with Crippen LogP contribution in [0, 0.1) is 0 Å². The van der Waals surface area contributed by atoms with E-state index in [1.54, 1.807) is 6.20 Å². The lowest BCUT2D eigenvalue weighted by Crippen LogP contribution is -2.45. The summed E-state index contributed by atoms with van der Waals surface area (Å²) in [5, 5.41) is 0.719.